The fourth-order valence-electron chi connectivity index (χ4n) is 7.30. The van der Waals surface area contributed by atoms with Crippen LogP contribution in [-0.2, 0) is 36.3 Å². The average Bonchev–Trinajstić information content (AvgIpc) is 3.54. The van der Waals surface area contributed by atoms with Gasteiger partial charge >= 0.3 is 16.1 Å². The lowest BCUT2D eigenvalue weighted by atomic mass is 9.85. The fourth-order valence-corrected chi connectivity index (χ4v) is 14.2. The molecule has 1 spiro atoms. The zero-order valence-electron chi connectivity index (χ0n) is 28.4. The van der Waals surface area contributed by atoms with Crippen LogP contribution in [0.25, 0.3) is 16.3 Å². The van der Waals surface area contributed by atoms with Gasteiger partial charge in [0.05, 0.1) is 29.5 Å². The van der Waals surface area contributed by atoms with Crippen molar-refractivity contribution >= 4 is 118 Å². The number of aryl methyl sites for hydroxylation is 1. The van der Waals surface area contributed by atoms with Crippen molar-refractivity contribution in [1.82, 2.24) is 4.48 Å². The maximum Gasteiger partial charge on any atom is 0.320 e. The third kappa shape index (κ3) is 8.88. The first-order chi connectivity index (χ1) is 25.2. The van der Waals surface area contributed by atoms with Crippen molar-refractivity contribution in [1.29, 1.82) is 0 Å². The molecule has 2 saturated heterocycles. The van der Waals surface area contributed by atoms with Gasteiger partial charge in [-0.1, -0.05) is 40.6 Å². The summed E-state index contributed by atoms with van der Waals surface area (Å²) in [5.74, 6) is 1.74. The normalized spacial score (nSPS) is 26.6. The van der Waals surface area contributed by atoms with Crippen LogP contribution in [0, 0.1) is 5.92 Å². The number of hydrogen-bond donors (Lipinski definition) is 2. The van der Waals surface area contributed by atoms with Crippen LogP contribution in [0.3, 0.4) is 0 Å². The molecule has 4 aliphatic rings. The average molecular weight is 878 g/mol. The monoisotopic (exact) mass is 876 g/mol. The summed E-state index contributed by atoms with van der Waals surface area (Å²) in [4.78, 5) is 14.8. The van der Waals surface area contributed by atoms with Crippen molar-refractivity contribution in [2.75, 3.05) is 29.6 Å². The number of fused-ring (bicyclic) bond motifs is 3. The molecule has 284 valence electrons. The molecule has 3 aromatic rings. The molecule has 4 unspecified atom stereocenters. The topological polar surface area (TPSA) is 139 Å². The Morgan fingerprint density at radius 3 is 2.55 bits per heavy atom. The quantitative estimate of drug-likeness (QED) is 0.0932. The number of quaternary nitrogens is 1. The first kappa shape index (κ1) is 39.7. The molecule has 2 N–H and O–H groups in total. The number of allylic oxidation sites excluding steroid dienone is 4. The number of thiazole rings is 1. The number of halogens is 2. The molecule has 1 aliphatic carbocycles. The standard InChI is InChI=1S/C35H36Cl2N2O8S6/c36-25-3-5-29-27(20-25)38(9-1-14-52(41,42)43)31(50-29)18-22-15-23(17-24(16-22)35(40)47-34-8-13-48-11-2-12-49-34)19-32-39(10-7-33(39)53(44,45)46)28-21-26(37)4-6-30(28)51-32/h3-6,15,18-21,24,33-34H,1-2,7-14,16-17H2/p+2. The van der Waals surface area contributed by atoms with Crippen LogP contribution in [0.1, 0.15) is 43.5 Å². The van der Waals surface area contributed by atoms with E-state index in [1.165, 1.54) is 23.1 Å². The highest BCUT2D eigenvalue weighted by molar-refractivity contribution is 8.03. The van der Waals surface area contributed by atoms with Crippen LogP contribution < -0.4 is 9.05 Å². The maximum absolute atomic E-state index is 14.0. The molecule has 4 atom stereocenters. The van der Waals surface area contributed by atoms with Gasteiger partial charge in [0.25, 0.3) is 15.1 Å². The van der Waals surface area contributed by atoms with Gasteiger partial charge in [-0.3, -0.25) is 13.9 Å². The summed E-state index contributed by atoms with van der Waals surface area (Å²) in [6.45, 7) is 0.764. The number of nitrogens with zero attached hydrogens (tertiary/aromatic N) is 2. The summed E-state index contributed by atoms with van der Waals surface area (Å²) in [7, 11) is -8.58. The molecule has 1 aromatic heterocycles. The van der Waals surface area contributed by atoms with E-state index in [4.69, 9.17) is 27.9 Å². The van der Waals surface area contributed by atoms with Crippen LogP contribution in [0.4, 0.5) is 5.69 Å². The highest BCUT2D eigenvalue weighted by Gasteiger charge is 2.62. The van der Waals surface area contributed by atoms with Gasteiger partial charge in [-0.15, -0.1) is 11.8 Å². The van der Waals surface area contributed by atoms with Gasteiger partial charge in [0.15, 0.2) is 17.3 Å². The molecule has 53 heavy (non-hydrogen) atoms. The van der Waals surface area contributed by atoms with E-state index in [1.54, 1.807) is 30.0 Å². The summed E-state index contributed by atoms with van der Waals surface area (Å²) in [6, 6.07) is 10.9. The fraction of sp³-hybridized carbons (Fsp3) is 0.429. The van der Waals surface area contributed by atoms with Crippen molar-refractivity contribution in [3.63, 3.8) is 0 Å². The number of benzene rings is 2. The van der Waals surface area contributed by atoms with Crippen LogP contribution in [-0.4, -0.2) is 72.3 Å². The van der Waals surface area contributed by atoms with Crippen molar-refractivity contribution < 1.29 is 40.0 Å². The van der Waals surface area contributed by atoms with Crippen molar-refractivity contribution in [2.24, 2.45) is 5.92 Å². The van der Waals surface area contributed by atoms with Crippen molar-refractivity contribution in [3.8, 4) is 0 Å². The molecule has 2 aromatic carbocycles. The Balaban J connectivity index is 1.29. The number of esters is 1. The molecule has 0 saturated carbocycles. The third-order valence-corrected chi connectivity index (χ3v) is 17.0. The van der Waals surface area contributed by atoms with Gasteiger partial charge in [0.2, 0.25) is 10.9 Å². The lowest BCUT2D eigenvalue weighted by molar-refractivity contribution is -0.668. The van der Waals surface area contributed by atoms with Crippen molar-refractivity contribution in [3.05, 3.63) is 79.8 Å². The maximum atomic E-state index is 14.0. The number of carbonyl (C=O) groups excluding carboxylic acids is 1. The van der Waals surface area contributed by atoms with Crippen molar-refractivity contribution in [2.45, 2.75) is 60.8 Å². The Kier molecular flexibility index (Phi) is 12.1. The minimum absolute atomic E-state index is 0.0634. The van der Waals surface area contributed by atoms with Crippen LogP contribution >= 0.6 is 69.8 Å². The van der Waals surface area contributed by atoms with Gasteiger partial charge in [-0.2, -0.15) is 33.2 Å². The second-order valence-corrected chi connectivity index (χ2v) is 22.1. The Hall–Kier alpha value is -1.57. The smallest absolute Gasteiger partial charge is 0.320 e. The lowest BCUT2D eigenvalue weighted by Gasteiger charge is -2.47. The zero-order valence-corrected chi connectivity index (χ0v) is 34.8. The molecule has 7 rings (SSSR count). The lowest BCUT2D eigenvalue weighted by Crippen LogP contribution is -2.66. The van der Waals surface area contributed by atoms with E-state index >= 15 is 0 Å². The predicted octanol–water partition coefficient (Wildman–Crippen LogP) is 8.20. The van der Waals surface area contributed by atoms with Gasteiger partial charge in [-0.25, -0.2) is 4.48 Å². The second kappa shape index (κ2) is 16.1. The summed E-state index contributed by atoms with van der Waals surface area (Å²) in [6.07, 6.45) is 9.02. The van der Waals surface area contributed by atoms with Crippen LogP contribution in [0.5, 0.6) is 0 Å². The van der Waals surface area contributed by atoms with E-state index in [1.807, 2.05) is 52.8 Å². The SMILES string of the molecule is O=C(OC1CCSCCCS1)C1CC(C=C2Sc3ccc(Cl)cc3[N+]23CCC3S(=O)(=O)O)=CC(=Cc2sc3ccc(Cl)cc3[n+]2CCCS(=O)(=O)O)C1. The van der Waals surface area contributed by atoms with E-state index in [-0.39, 0.29) is 28.7 Å². The van der Waals surface area contributed by atoms with E-state index in [9.17, 15) is 30.7 Å². The number of thioether (sulfide) groups is 3. The van der Waals surface area contributed by atoms with E-state index < -0.39 is 37.3 Å². The third-order valence-electron chi connectivity index (χ3n) is 9.77. The summed E-state index contributed by atoms with van der Waals surface area (Å²) in [5.41, 5.74) is 2.97. The predicted molar refractivity (Wildman–Crippen MR) is 218 cm³/mol. The van der Waals surface area contributed by atoms with Gasteiger partial charge in [0, 0.05) is 47.2 Å². The molecular weight excluding hydrogens is 840 g/mol. The van der Waals surface area contributed by atoms with E-state index in [0.29, 0.717) is 36.0 Å². The van der Waals surface area contributed by atoms with Gasteiger partial charge < -0.3 is 4.74 Å². The minimum Gasteiger partial charge on any atom is -0.451 e. The summed E-state index contributed by atoms with van der Waals surface area (Å²) in [5, 5.41) is 1.45. The molecule has 2 fully saturated rings. The molecule has 0 bridgehead atoms. The molecule has 3 aliphatic heterocycles. The highest BCUT2D eigenvalue weighted by atomic mass is 35.5. The molecular formula is C35H38Cl2N2O8S6+2. The van der Waals surface area contributed by atoms with E-state index in [2.05, 4.69) is 0 Å². The zero-order chi connectivity index (χ0) is 37.5. The van der Waals surface area contributed by atoms with Crippen LogP contribution in [0.2, 0.25) is 10.0 Å². The number of ether oxygens (including phenoxy) is 1. The molecule has 0 radical (unpaired) electrons. The summed E-state index contributed by atoms with van der Waals surface area (Å²) < 4.78 is 77.3. The molecule has 4 heterocycles. The number of hydrogen-bond acceptors (Lipinski definition) is 10. The number of carbonyl (C=O) groups is 1. The first-order valence-electron chi connectivity index (χ1n) is 17.1. The molecule has 10 nitrogen and oxygen atoms in total. The Labute approximate surface area is 336 Å². The van der Waals surface area contributed by atoms with Crippen LogP contribution in [0.15, 0.2) is 69.6 Å². The Bertz CT molecular complexity index is 2250. The summed E-state index contributed by atoms with van der Waals surface area (Å²) >= 11 is 19.3. The Morgan fingerprint density at radius 1 is 1.00 bits per heavy atom. The highest BCUT2D eigenvalue weighted by Crippen LogP contribution is 2.58. The Morgan fingerprint density at radius 2 is 1.79 bits per heavy atom. The largest absolute Gasteiger partial charge is 0.451 e. The molecule has 0 amide bonds. The number of aromatic nitrogens is 1. The second-order valence-electron chi connectivity index (χ2n) is 13.4. The first-order valence-corrected chi connectivity index (χ1v) is 24.8. The number of rotatable bonds is 9. The minimum atomic E-state index is -4.42. The van der Waals surface area contributed by atoms with Gasteiger partial charge in [0.1, 0.15) is 10.1 Å². The van der Waals surface area contributed by atoms with Gasteiger partial charge in [-0.05, 0) is 83.7 Å². The van der Waals surface area contributed by atoms with E-state index in [0.717, 1.165) is 72.1 Å². The molecule has 18 heteroatoms.